The Labute approximate surface area is 87.5 Å². The van der Waals surface area contributed by atoms with Crippen LogP contribution in [0.1, 0.15) is 38.6 Å². The molecule has 0 aliphatic heterocycles. The third kappa shape index (κ3) is 3.53. The molecule has 0 saturated heterocycles. The van der Waals surface area contributed by atoms with Gasteiger partial charge in [-0.2, -0.15) is 0 Å². The Kier molecular flexibility index (Phi) is 4.03. The molecule has 0 bridgehead atoms. The average Bonchev–Trinajstić information content (AvgIpc) is 2.18. The summed E-state index contributed by atoms with van der Waals surface area (Å²) in [5.74, 6) is 0.0865. The van der Waals surface area contributed by atoms with Crippen LogP contribution in [-0.4, -0.2) is 15.9 Å². The van der Waals surface area contributed by atoms with Crippen LogP contribution in [-0.2, 0) is 9.53 Å². The van der Waals surface area contributed by atoms with Crippen molar-refractivity contribution < 1.29 is 9.53 Å². The first-order valence-corrected chi connectivity index (χ1v) is 4.88. The predicted octanol–water partition coefficient (Wildman–Crippen LogP) is 1.17. The van der Waals surface area contributed by atoms with Crippen molar-refractivity contribution in [1.82, 2.24) is 9.97 Å². The lowest BCUT2D eigenvalue weighted by Gasteiger charge is -2.11. The highest BCUT2D eigenvalue weighted by molar-refractivity contribution is 5.69. The van der Waals surface area contributed by atoms with Crippen LogP contribution < -0.4 is 5.56 Å². The standard InChI is InChI=1S/C10H14N2O3/c1-3-4-9(14)15-7(2)10-11-6-5-8(13)12-10/h5-7H,3-4H2,1-2H3,(H,11,12,13)/t7-/m0/s1. The molecular weight excluding hydrogens is 196 g/mol. The minimum Gasteiger partial charge on any atom is -0.454 e. The van der Waals surface area contributed by atoms with Crippen molar-refractivity contribution in [2.75, 3.05) is 0 Å². The molecule has 0 spiro atoms. The highest BCUT2D eigenvalue weighted by Crippen LogP contribution is 2.11. The molecule has 1 aromatic rings. The predicted molar refractivity (Wildman–Crippen MR) is 54.3 cm³/mol. The summed E-state index contributed by atoms with van der Waals surface area (Å²) in [6, 6.07) is 1.31. The number of carbonyl (C=O) groups excluding carboxylic acids is 1. The lowest BCUT2D eigenvalue weighted by atomic mass is 10.3. The Bertz CT molecular complexity index is 386. The molecule has 5 heteroatoms. The van der Waals surface area contributed by atoms with E-state index in [-0.39, 0.29) is 11.5 Å². The third-order valence-corrected chi connectivity index (χ3v) is 1.84. The van der Waals surface area contributed by atoms with Gasteiger partial charge >= 0.3 is 5.97 Å². The number of aromatic amines is 1. The summed E-state index contributed by atoms with van der Waals surface area (Å²) < 4.78 is 5.06. The Hall–Kier alpha value is -1.65. The van der Waals surface area contributed by atoms with Gasteiger partial charge in [0.1, 0.15) is 5.82 Å². The molecule has 1 aromatic heterocycles. The number of H-pyrrole nitrogens is 1. The molecule has 0 fully saturated rings. The smallest absolute Gasteiger partial charge is 0.306 e. The van der Waals surface area contributed by atoms with E-state index in [1.165, 1.54) is 12.3 Å². The van der Waals surface area contributed by atoms with Crippen LogP contribution >= 0.6 is 0 Å². The number of aromatic nitrogens is 2. The second-order valence-corrected chi connectivity index (χ2v) is 3.20. The molecule has 0 aromatic carbocycles. The van der Waals surface area contributed by atoms with Crippen molar-refractivity contribution >= 4 is 5.97 Å². The van der Waals surface area contributed by atoms with E-state index in [1.54, 1.807) is 6.92 Å². The molecule has 1 heterocycles. The van der Waals surface area contributed by atoms with Crippen molar-refractivity contribution in [3.05, 3.63) is 28.4 Å². The van der Waals surface area contributed by atoms with Crippen LogP contribution in [0.3, 0.4) is 0 Å². The van der Waals surface area contributed by atoms with Crippen molar-refractivity contribution in [2.24, 2.45) is 0 Å². The Morgan fingerprint density at radius 1 is 1.67 bits per heavy atom. The molecular formula is C10H14N2O3. The molecule has 1 N–H and O–H groups in total. The second kappa shape index (κ2) is 5.29. The first-order chi connectivity index (χ1) is 7.13. The van der Waals surface area contributed by atoms with E-state index >= 15 is 0 Å². The molecule has 0 aliphatic carbocycles. The number of hydrogen-bond acceptors (Lipinski definition) is 4. The normalized spacial score (nSPS) is 12.1. The molecule has 5 nitrogen and oxygen atoms in total. The van der Waals surface area contributed by atoms with E-state index in [4.69, 9.17) is 4.74 Å². The van der Waals surface area contributed by atoms with Crippen molar-refractivity contribution in [3.63, 3.8) is 0 Å². The SMILES string of the molecule is CCCC(=O)O[C@@H](C)c1nccc(=O)[nH]1. The van der Waals surface area contributed by atoms with Gasteiger partial charge in [-0.1, -0.05) is 6.92 Å². The number of rotatable bonds is 4. The van der Waals surface area contributed by atoms with E-state index < -0.39 is 6.10 Å². The van der Waals surface area contributed by atoms with E-state index in [1.807, 2.05) is 6.92 Å². The van der Waals surface area contributed by atoms with E-state index in [0.29, 0.717) is 12.2 Å². The number of nitrogens with zero attached hydrogens (tertiary/aromatic N) is 1. The van der Waals surface area contributed by atoms with Crippen LogP contribution in [0.5, 0.6) is 0 Å². The van der Waals surface area contributed by atoms with E-state index in [9.17, 15) is 9.59 Å². The van der Waals surface area contributed by atoms with Gasteiger partial charge in [-0.05, 0) is 13.3 Å². The van der Waals surface area contributed by atoms with Gasteiger partial charge in [-0.25, -0.2) is 4.98 Å². The van der Waals surface area contributed by atoms with Crippen molar-refractivity contribution in [1.29, 1.82) is 0 Å². The Morgan fingerprint density at radius 3 is 3.00 bits per heavy atom. The lowest BCUT2D eigenvalue weighted by molar-refractivity contribution is -0.149. The highest BCUT2D eigenvalue weighted by atomic mass is 16.5. The van der Waals surface area contributed by atoms with Gasteiger partial charge in [-0.3, -0.25) is 9.59 Å². The van der Waals surface area contributed by atoms with Crippen LogP contribution in [0.15, 0.2) is 17.1 Å². The van der Waals surface area contributed by atoms with Crippen LogP contribution in [0.25, 0.3) is 0 Å². The number of nitrogens with one attached hydrogen (secondary N) is 1. The fourth-order valence-corrected chi connectivity index (χ4v) is 1.11. The van der Waals surface area contributed by atoms with Gasteiger partial charge < -0.3 is 9.72 Å². The lowest BCUT2D eigenvalue weighted by Crippen LogP contribution is -2.15. The third-order valence-electron chi connectivity index (χ3n) is 1.84. The second-order valence-electron chi connectivity index (χ2n) is 3.20. The molecule has 15 heavy (non-hydrogen) atoms. The average molecular weight is 210 g/mol. The molecule has 1 atom stereocenters. The molecule has 0 aliphatic rings. The summed E-state index contributed by atoms with van der Waals surface area (Å²) in [7, 11) is 0. The van der Waals surface area contributed by atoms with Gasteiger partial charge in [0.25, 0.3) is 5.56 Å². The zero-order chi connectivity index (χ0) is 11.3. The van der Waals surface area contributed by atoms with Gasteiger partial charge in [0.05, 0.1) is 0 Å². The Balaban J connectivity index is 2.64. The van der Waals surface area contributed by atoms with E-state index in [2.05, 4.69) is 9.97 Å². The topological polar surface area (TPSA) is 72.0 Å². The minimum absolute atomic E-state index is 0.251. The summed E-state index contributed by atoms with van der Waals surface area (Å²) >= 11 is 0. The van der Waals surface area contributed by atoms with E-state index in [0.717, 1.165) is 6.42 Å². The first kappa shape index (κ1) is 11.4. The summed E-state index contributed by atoms with van der Waals surface area (Å²) in [5.41, 5.74) is -0.251. The zero-order valence-corrected chi connectivity index (χ0v) is 8.82. The van der Waals surface area contributed by atoms with Crippen LogP contribution in [0, 0.1) is 0 Å². The fourth-order valence-electron chi connectivity index (χ4n) is 1.11. The zero-order valence-electron chi connectivity index (χ0n) is 8.82. The number of esters is 1. The number of carbonyl (C=O) groups is 1. The number of ether oxygens (including phenoxy) is 1. The minimum atomic E-state index is -0.516. The van der Waals surface area contributed by atoms with Gasteiger partial charge in [0.15, 0.2) is 6.10 Å². The molecule has 0 saturated carbocycles. The van der Waals surface area contributed by atoms with Crippen LogP contribution in [0.2, 0.25) is 0 Å². The molecule has 1 rings (SSSR count). The summed E-state index contributed by atoms with van der Waals surface area (Å²) in [6.45, 7) is 3.57. The highest BCUT2D eigenvalue weighted by Gasteiger charge is 2.12. The summed E-state index contributed by atoms with van der Waals surface area (Å²) in [5, 5.41) is 0. The van der Waals surface area contributed by atoms with Gasteiger partial charge in [-0.15, -0.1) is 0 Å². The molecule has 0 radical (unpaired) electrons. The molecule has 0 unspecified atom stereocenters. The maximum Gasteiger partial charge on any atom is 0.306 e. The Morgan fingerprint density at radius 2 is 2.40 bits per heavy atom. The maximum atomic E-state index is 11.2. The fraction of sp³-hybridized carbons (Fsp3) is 0.500. The maximum absolute atomic E-state index is 11.2. The largest absolute Gasteiger partial charge is 0.454 e. The first-order valence-electron chi connectivity index (χ1n) is 4.88. The van der Waals surface area contributed by atoms with Crippen molar-refractivity contribution in [2.45, 2.75) is 32.8 Å². The molecule has 0 amide bonds. The summed E-state index contributed by atoms with van der Waals surface area (Å²) in [6.07, 6.45) is 1.99. The molecule has 82 valence electrons. The van der Waals surface area contributed by atoms with Gasteiger partial charge in [0.2, 0.25) is 0 Å². The van der Waals surface area contributed by atoms with Gasteiger partial charge in [0, 0.05) is 18.7 Å². The van der Waals surface area contributed by atoms with Crippen LogP contribution in [0.4, 0.5) is 0 Å². The quantitative estimate of drug-likeness (QED) is 0.757. The number of hydrogen-bond donors (Lipinski definition) is 1. The monoisotopic (exact) mass is 210 g/mol. The summed E-state index contributed by atoms with van der Waals surface area (Å²) in [4.78, 5) is 28.6. The van der Waals surface area contributed by atoms with Crippen molar-refractivity contribution in [3.8, 4) is 0 Å².